The Morgan fingerprint density at radius 1 is 1.48 bits per heavy atom. The summed E-state index contributed by atoms with van der Waals surface area (Å²) in [7, 11) is 0. The van der Waals surface area contributed by atoms with Crippen LogP contribution in [0, 0.1) is 5.92 Å². The fourth-order valence-electron chi connectivity index (χ4n) is 2.62. The fourth-order valence-corrected chi connectivity index (χ4v) is 3.16. The lowest BCUT2D eigenvalue weighted by Crippen LogP contribution is -2.44. The number of anilines is 1. The molecule has 1 saturated heterocycles. The molecule has 0 spiro atoms. The molecule has 6 heteroatoms. The molecular formula is C17H27BrN4O. The average Bonchev–Trinajstić information content (AvgIpc) is 3.01. The Balaban J connectivity index is 1.93. The van der Waals surface area contributed by atoms with Crippen LogP contribution >= 0.6 is 15.9 Å². The maximum atomic E-state index is 9.13. The third kappa shape index (κ3) is 5.39. The summed E-state index contributed by atoms with van der Waals surface area (Å²) in [5.41, 5.74) is 1.24. The molecule has 0 aliphatic carbocycles. The highest BCUT2D eigenvalue weighted by atomic mass is 79.9. The number of benzene rings is 1. The number of aliphatic hydroxyl groups excluding tert-OH is 1. The summed E-state index contributed by atoms with van der Waals surface area (Å²) in [5.74, 6) is 1.03. The lowest BCUT2D eigenvalue weighted by Gasteiger charge is -2.21. The summed E-state index contributed by atoms with van der Waals surface area (Å²) in [6.45, 7) is 7.69. The number of hydrogen-bond acceptors (Lipinski definition) is 3. The molecule has 1 heterocycles. The van der Waals surface area contributed by atoms with E-state index >= 15 is 0 Å². The van der Waals surface area contributed by atoms with Crippen molar-refractivity contribution in [1.82, 2.24) is 10.6 Å². The first-order valence-corrected chi connectivity index (χ1v) is 9.08. The van der Waals surface area contributed by atoms with Gasteiger partial charge in [0.2, 0.25) is 0 Å². The van der Waals surface area contributed by atoms with Crippen molar-refractivity contribution in [3.8, 4) is 0 Å². The largest absolute Gasteiger partial charge is 0.396 e. The summed E-state index contributed by atoms with van der Waals surface area (Å²) in [4.78, 5) is 6.96. The topological polar surface area (TPSA) is 59.9 Å². The van der Waals surface area contributed by atoms with Gasteiger partial charge in [-0.3, -0.25) is 4.99 Å². The van der Waals surface area contributed by atoms with Crippen molar-refractivity contribution in [2.45, 2.75) is 26.3 Å². The molecule has 1 aliphatic rings. The Morgan fingerprint density at radius 3 is 2.96 bits per heavy atom. The molecule has 23 heavy (non-hydrogen) atoms. The van der Waals surface area contributed by atoms with E-state index in [-0.39, 0.29) is 12.5 Å². The molecule has 1 aliphatic heterocycles. The van der Waals surface area contributed by atoms with E-state index in [0.717, 1.165) is 36.5 Å². The third-order valence-electron chi connectivity index (χ3n) is 3.94. The van der Waals surface area contributed by atoms with Crippen molar-refractivity contribution in [3.05, 3.63) is 28.7 Å². The molecule has 3 N–H and O–H groups in total. The van der Waals surface area contributed by atoms with E-state index < -0.39 is 0 Å². The summed E-state index contributed by atoms with van der Waals surface area (Å²) < 4.78 is 1.14. The smallest absolute Gasteiger partial charge is 0.191 e. The van der Waals surface area contributed by atoms with E-state index in [2.05, 4.69) is 61.6 Å². The predicted molar refractivity (Wildman–Crippen MR) is 100 cm³/mol. The standard InChI is InChI=1S/C17H27BrN4O/c1-3-19-17(20-10-13(2)12-23)21-14-8-9-22(11-14)16-7-5-4-6-15(16)18/h4-7,13-14,23H,3,8-12H2,1-2H3,(H2,19,20,21). The second-order valence-electron chi connectivity index (χ2n) is 6.03. The third-order valence-corrected chi connectivity index (χ3v) is 4.61. The van der Waals surface area contributed by atoms with Gasteiger partial charge in [0, 0.05) is 43.3 Å². The van der Waals surface area contributed by atoms with Crippen molar-refractivity contribution in [2.75, 3.05) is 37.7 Å². The number of para-hydroxylation sites is 1. The minimum Gasteiger partial charge on any atom is -0.396 e. The van der Waals surface area contributed by atoms with Gasteiger partial charge in [-0.15, -0.1) is 0 Å². The van der Waals surface area contributed by atoms with Gasteiger partial charge in [0.1, 0.15) is 0 Å². The first kappa shape index (κ1) is 18.1. The Bertz CT molecular complexity index is 523. The number of nitrogens with one attached hydrogen (secondary N) is 2. The van der Waals surface area contributed by atoms with E-state index in [4.69, 9.17) is 5.11 Å². The minimum absolute atomic E-state index is 0.169. The number of halogens is 1. The zero-order valence-electron chi connectivity index (χ0n) is 13.9. The molecule has 1 aromatic rings. The SMILES string of the molecule is CCNC(=NCC(C)CO)NC1CCN(c2ccccc2Br)C1. The molecule has 0 saturated carbocycles. The van der Waals surface area contributed by atoms with Gasteiger partial charge in [-0.05, 0) is 47.3 Å². The zero-order valence-corrected chi connectivity index (χ0v) is 15.5. The van der Waals surface area contributed by atoms with Crippen LogP contribution in [0.4, 0.5) is 5.69 Å². The maximum absolute atomic E-state index is 9.13. The molecule has 1 aromatic carbocycles. The van der Waals surface area contributed by atoms with Crippen LogP contribution in [-0.4, -0.2) is 49.9 Å². The van der Waals surface area contributed by atoms with Crippen LogP contribution in [0.1, 0.15) is 20.3 Å². The Morgan fingerprint density at radius 2 is 2.26 bits per heavy atom. The second kappa shape index (κ2) is 9.13. The van der Waals surface area contributed by atoms with E-state index in [0.29, 0.717) is 12.6 Å². The molecule has 2 atom stereocenters. The van der Waals surface area contributed by atoms with Gasteiger partial charge in [0.25, 0.3) is 0 Å². The highest BCUT2D eigenvalue weighted by Crippen LogP contribution is 2.28. The Hall–Kier alpha value is -1.27. The number of aliphatic imine (C=N–C) groups is 1. The summed E-state index contributed by atoms with van der Waals surface area (Å²) in [6, 6.07) is 8.72. The van der Waals surface area contributed by atoms with Gasteiger partial charge in [-0.2, -0.15) is 0 Å². The lowest BCUT2D eigenvalue weighted by molar-refractivity contribution is 0.241. The predicted octanol–water partition coefficient (Wildman–Crippen LogP) is 2.21. The summed E-state index contributed by atoms with van der Waals surface area (Å²) in [6.07, 6.45) is 1.08. The van der Waals surface area contributed by atoms with Crippen molar-refractivity contribution in [2.24, 2.45) is 10.9 Å². The van der Waals surface area contributed by atoms with Crippen LogP contribution < -0.4 is 15.5 Å². The number of hydrogen-bond donors (Lipinski definition) is 3. The molecule has 2 rings (SSSR count). The number of rotatable bonds is 6. The number of guanidine groups is 1. The maximum Gasteiger partial charge on any atom is 0.191 e. The highest BCUT2D eigenvalue weighted by molar-refractivity contribution is 9.10. The summed E-state index contributed by atoms with van der Waals surface area (Å²) in [5, 5.41) is 15.9. The van der Waals surface area contributed by atoms with Crippen LogP contribution in [-0.2, 0) is 0 Å². The van der Waals surface area contributed by atoms with Crippen LogP contribution in [0.25, 0.3) is 0 Å². The van der Waals surface area contributed by atoms with Crippen molar-refractivity contribution in [1.29, 1.82) is 0 Å². The van der Waals surface area contributed by atoms with Gasteiger partial charge >= 0.3 is 0 Å². The summed E-state index contributed by atoms with van der Waals surface area (Å²) >= 11 is 3.63. The van der Waals surface area contributed by atoms with Crippen LogP contribution in [0.5, 0.6) is 0 Å². The number of nitrogens with zero attached hydrogens (tertiary/aromatic N) is 2. The number of aliphatic hydroxyl groups is 1. The molecule has 0 aromatic heterocycles. The zero-order chi connectivity index (χ0) is 16.7. The average molecular weight is 383 g/mol. The van der Waals surface area contributed by atoms with E-state index in [1.165, 1.54) is 5.69 Å². The van der Waals surface area contributed by atoms with Gasteiger partial charge < -0.3 is 20.6 Å². The first-order chi connectivity index (χ1) is 11.1. The molecule has 2 unspecified atom stereocenters. The quantitative estimate of drug-likeness (QED) is 0.521. The molecule has 0 amide bonds. The van der Waals surface area contributed by atoms with Crippen molar-refractivity contribution >= 4 is 27.6 Å². The molecular weight excluding hydrogens is 356 g/mol. The Kier molecular flexibility index (Phi) is 7.17. The second-order valence-corrected chi connectivity index (χ2v) is 6.89. The molecule has 0 bridgehead atoms. The van der Waals surface area contributed by atoms with E-state index in [1.807, 2.05) is 13.0 Å². The van der Waals surface area contributed by atoms with Crippen molar-refractivity contribution in [3.63, 3.8) is 0 Å². The lowest BCUT2D eigenvalue weighted by atomic mass is 10.2. The van der Waals surface area contributed by atoms with Gasteiger partial charge in [-0.1, -0.05) is 19.1 Å². The monoisotopic (exact) mass is 382 g/mol. The molecule has 0 radical (unpaired) electrons. The van der Waals surface area contributed by atoms with Crippen LogP contribution in [0.15, 0.2) is 33.7 Å². The highest BCUT2D eigenvalue weighted by Gasteiger charge is 2.24. The van der Waals surface area contributed by atoms with Gasteiger partial charge in [0.05, 0.1) is 5.69 Å². The van der Waals surface area contributed by atoms with Crippen LogP contribution in [0.2, 0.25) is 0 Å². The van der Waals surface area contributed by atoms with Gasteiger partial charge in [0.15, 0.2) is 5.96 Å². The molecule has 1 fully saturated rings. The van der Waals surface area contributed by atoms with Gasteiger partial charge in [-0.25, -0.2) is 0 Å². The first-order valence-electron chi connectivity index (χ1n) is 8.29. The molecule has 5 nitrogen and oxygen atoms in total. The van der Waals surface area contributed by atoms with E-state index in [1.54, 1.807) is 0 Å². The van der Waals surface area contributed by atoms with E-state index in [9.17, 15) is 0 Å². The molecule has 128 valence electrons. The van der Waals surface area contributed by atoms with Crippen molar-refractivity contribution < 1.29 is 5.11 Å². The normalized spacial score (nSPS) is 19.7. The Labute approximate surface area is 147 Å². The minimum atomic E-state index is 0.169. The fraction of sp³-hybridized carbons (Fsp3) is 0.588. The van der Waals surface area contributed by atoms with Crippen LogP contribution in [0.3, 0.4) is 0 Å².